The van der Waals surface area contributed by atoms with Crippen LogP contribution in [0.4, 0.5) is 0 Å². The molecule has 1 amide bonds. The van der Waals surface area contributed by atoms with Crippen LogP contribution in [0.15, 0.2) is 103 Å². The van der Waals surface area contributed by atoms with Crippen molar-refractivity contribution >= 4 is 29.0 Å². The van der Waals surface area contributed by atoms with Crippen molar-refractivity contribution in [2.75, 3.05) is 6.54 Å². The molecule has 0 unspecified atom stereocenters. The van der Waals surface area contributed by atoms with Gasteiger partial charge in [0, 0.05) is 22.3 Å². The zero-order chi connectivity index (χ0) is 30.3. The smallest absolute Gasteiger partial charge is 0.334 e. The lowest BCUT2D eigenvalue weighted by Gasteiger charge is -2.17. The van der Waals surface area contributed by atoms with Gasteiger partial charge >= 0.3 is 5.97 Å². The molecule has 7 nitrogen and oxygen atoms in total. The van der Waals surface area contributed by atoms with Crippen molar-refractivity contribution in [3.05, 3.63) is 137 Å². The highest BCUT2D eigenvalue weighted by atomic mass is 16.4. The van der Waals surface area contributed by atoms with Gasteiger partial charge in [-0.15, -0.1) is 0 Å². The average Bonchev–Trinajstić information content (AvgIpc) is 3.05. The number of aliphatic hydroxyl groups is 1. The maximum atomic E-state index is 13.9. The molecule has 5 rings (SSSR count). The first-order chi connectivity index (χ1) is 20.8. The van der Waals surface area contributed by atoms with E-state index < -0.39 is 24.5 Å². The number of benzene rings is 4. The van der Waals surface area contributed by atoms with Crippen molar-refractivity contribution < 1.29 is 29.4 Å². The Morgan fingerprint density at radius 1 is 0.698 bits per heavy atom. The maximum Gasteiger partial charge on any atom is 0.334 e. The van der Waals surface area contributed by atoms with Crippen LogP contribution in [0.5, 0.6) is 0 Å². The lowest BCUT2D eigenvalue weighted by Crippen LogP contribution is -2.36. The van der Waals surface area contributed by atoms with Gasteiger partial charge in [0.05, 0.1) is 6.54 Å². The third-order valence-electron chi connectivity index (χ3n) is 7.61. The van der Waals surface area contributed by atoms with Gasteiger partial charge in [-0.25, -0.2) is 4.79 Å². The first-order valence-corrected chi connectivity index (χ1v) is 14.2. The first kappa shape index (κ1) is 29.4. The summed E-state index contributed by atoms with van der Waals surface area (Å²) in [6.45, 7) is -0.450. The number of Topliss-reactive ketones (excluding diaryl/α,β-unsaturated/α-hetero) is 1. The van der Waals surface area contributed by atoms with Crippen molar-refractivity contribution in [3.8, 4) is 11.1 Å². The molecular weight excluding hydrogens is 542 g/mol. The second-order valence-electron chi connectivity index (χ2n) is 10.5. The quantitative estimate of drug-likeness (QED) is 0.169. The Hall–Kier alpha value is -5.14. The zero-order valence-corrected chi connectivity index (χ0v) is 23.5. The molecule has 0 saturated carbocycles. The molecule has 216 valence electrons. The number of aliphatic carboxylic acids is 1. The number of rotatable bonds is 10. The molecule has 0 heterocycles. The fourth-order valence-corrected chi connectivity index (χ4v) is 5.16. The molecule has 0 bridgehead atoms. The molecule has 0 saturated heterocycles. The summed E-state index contributed by atoms with van der Waals surface area (Å²) in [5, 5.41) is 20.6. The number of hydrogen-bond acceptors (Lipinski definition) is 5. The van der Waals surface area contributed by atoms with Crippen molar-refractivity contribution in [3.63, 3.8) is 0 Å². The van der Waals surface area contributed by atoms with Crippen LogP contribution in [-0.4, -0.2) is 46.3 Å². The van der Waals surface area contributed by atoms with Gasteiger partial charge in [-0.3, -0.25) is 14.4 Å². The number of nitrogens with one attached hydrogen (secondary N) is 1. The van der Waals surface area contributed by atoms with Crippen LogP contribution >= 0.6 is 0 Å². The van der Waals surface area contributed by atoms with E-state index in [9.17, 15) is 24.3 Å². The standard InChI is InChI=1S/C36H31NO6/c38-32(26-13-10-25(11-14-26)23-6-2-1-3-7-23)21-31(30-19-12-24-8-4-5-9-29(24)20-30)34(40)27-15-17-28(18-16-27)35(41)37-22-33(39)36(42)43/h1-3,6-7,10-21,33,39H,4-5,8-9,22H2,(H,37,41)(H,42,43)/t33-/m1/s1. The second kappa shape index (κ2) is 13.2. The highest BCUT2D eigenvalue weighted by Crippen LogP contribution is 2.28. The number of carbonyl (C=O) groups excluding carboxylic acids is 3. The van der Waals surface area contributed by atoms with Crippen molar-refractivity contribution in [2.45, 2.75) is 31.8 Å². The van der Waals surface area contributed by atoms with E-state index in [1.807, 2.05) is 60.7 Å². The minimum absolute atomic E-state index is 0.197. The summed E-state index contributed by atoms with van der Waals surface area (Å²) in [6, 6.07) is 28.9. The van der Waals surface area contributed by atoms with Crippen LogP contribution in [0, 0.1) is 0 Å². The first-order valence-electron chi connectivity index (χ1n) is 14.2. The van der Waals surface area contributed by atoms with Gasteiger partial charge in [0.2, 0.25) is 0 Å². The number of fused-ring (bicyclic) bond motifs is 1. The van der Waals surface area contributed by atoms with E-state index in [0.29, 0.717) is 16.7 Å². The Balaban J connectivity index is 1.43. The summed E-state index contributed by atoms with van der Waals surface area (Å²) in [7, 11) is 0. The zero-order valence-electron chi connectivity index (χ0n) is 23.5. The number of aryl methyl sites for hydroxylation is 2. The Bertz CT molecular complexity index is 1690. The number of hydrogen-bond donors (Lipinski definition) is 3. The lowest BCUT2D eigenvalue weighted by atomic mass is 9.87. The van der Waals surface area contributed by atoms with Gasteiger partial charge in [0.1, 0.15) is 0 Å². The van der Waals surface area contributed by atoms with Gasteiger partial charge in [-0.1, -0.05) is 84.9 Å². The minimum Gasteiger partial charge on any atom is -0.479 e. The number of allylic oxidation sites excluding steroid dienone is 2. The van der Waals surface area contributed by atoms with E-state index in [2.05, 4.69) is 5.32 Å². The third kappa shape index (κ3) is 7.02. The maximum absolute atomic E-state index is 13.9. The lowest BCUT2D eigenvalue weighted by molar-refractivity contribution is -0.146. The number of carbonyl (C=O) groups is 4. The predicted molar refractivity (Wildman–Crippen MR) is 164 cm³/mol. The van der Waals surface area contributed by atoms with E-state index in [0.717, 1.165) is 36.8 Å². The van der Waals surface area contributed by atoms with E-state index in [-0.39, 0.29) is 22.7 Å². The number of carboxylic acid groups (broad SMARTS) is 1. The molecule has 4 aromatic carbocycles. The average molecular weight is 574 g/mol. The number of carboxylic acids is 1. The van der Waals surface area contributed by atoms with Crippen LogP contribution < -0.4 is 5.32 Å². The van der Waals surface area contributed by atoms with Crippen LogP contribution in [-0.2, 0) is 17.6 Å². The SMILES string of the molecule is O=C(C=C(C(=O)c1ccc(C(=O)NC[C@@H](O)C(=O)O)cc1)c1ccc2c(c1)CCCC2)c1ccc(-c2ccccc2)cc1. The Kier molecular flexibility index (Phi) is 9.03. The van der Waals surface area contributed by atoms with Gasteiger partial charge in [0.15, 0.2) is 17.7 Å². The van der Waals surface area contributed by atoms with Crippen LogP contribution in [0.2, 0.25) is 0 Å². The Labute approximate surface area is 249 Å². The largest absolute Gasteiger partial charge is 0.479 e. The summed E-state index contributed by atoms with van der Waals surface area (Å²) in [6.07, 6.45) is 3.77. The van der Waals surface area contributed by atoms with Crippen LogP contribution in [0.25, 0.3) is 16.7 Å². The van der Waals surface area contributed by atoms with Crippen molar-refractivity contribution in [1.82, 2.24) is 5.32 Å². The van der Waals surface area contributed by atoms with Gasteiger partial charge in [-0.05, 0) is 71.7 Å². The summed E-state index contributed by atoms with van der Waals surface area (Å²) in [5.74, 6) is -2.68. The summed E-state index contributed by atoms with van der Waals surface area (Å²) in [5.41, 5.74) is 6.31. The third-order valence-corrected chi connectivity index (χ3v) is 7.61. The molecule has 0 aromatic heterocycles. The van der Waals surface area contributed by atoms with Crippen molar-refractivity contribution in [1.29, 1.82) is 0 Å². The molecule has 1 aliphatic rings. The Morgan fingerprint density at radius 3 is 1.95 bits per heavy atom. The molecule has 1 aliphatic carbocycles. The van der Waals surface area contributed by atoms with E-state index >= 15 is 0 Å². The fourth-order valence-electron chi connectivity index (χ4n) is 5.16. The van der Waals surface area contributed by atoms with Gasteiger partial charge in [0.25, 0.3) is 5.91 Å². The van der Waals surface area contributed by atoms with Crippen LogP contribution in [0.1, 0.15) is 60.6 Å². The minimum atomic E-state index is -1.72. The van der Waals surface area contributed by atoms with E-state index in [1.165, 1.54) is 41.5 Å². The molecule has 0 radical (unpaired) electrons. The molecule has 4 aromatic rings. The predicted octanol–water partition coefficient (Wildman–Crippen LogP) is 5.56. The monoisotopic (exact) mass is 573 g/mol. The molecule has 7 heteroatoms. The Morgan fingerprint density at radius 2 is 1.28 bits per heavy atom. The summed E-state index contributed by atoms with van der Waals surface area (Å²) in [4.78, 5) is 50.6. The number of ketones is 2. The van der Waals surface area contributed by atoms with E-state index in [1.54, 1.807) is 12.1 Å². The number of aliphatic hydroxyl groups excluding tert-OH is 1. The molecule has 3 N–H and O–H groups in total. The topological polar surface area (TPSA) is 121 Å². The van der Waals surface area contributed by atoms with Crippen molar-refractivity contribution in [2.24, 2.45) is 0 Å². The number of amides is 1. The van der Waals surface area contributed by atoms with Crippen LogP contribution in [0.3, 0.4) is 0 Å². The van der Waals surface area contributed by atoms with Gasteiger partial charge in [-0.2, -0.15) is 0 Å². The highest BCUT2D eigenvalue weighted by Gasteiger charge is 2.20. The molecule has 0 aliphatic heterocycles. The molecule has 43 heavy (non-hydrogen) atoms. The van der Waals surface area contributed by atoms with E-state index in [4.69, 9.17) is 5.11 Å². The molecular formula is C36H31NO6. The molecule has 0 fully saturated rings. The highest BCUT2D eigenvalue weighted by molar-refractivity contribution is 6.32. The second-order valence-corrected chi connectivity index (χ2v) is 10.5. The summed E-state index contributed by atoms with van der Waals surface area (Å²) < 4.78 is 0. The van der Waals surface area contributed by atoms with Gasteiger partial charge < -0.3 is 15.5 Å². The molecule has 1 atom stereocenters. The fraction of sp³-hybridized carbons (Fsp3) is 0.167. The molecule has 0 spiro atoms. The normalized spacial score (nSPS) is 13.5. The summed E-state index contributed by atoms with van der Waals surface area (Å²) >= 11 is 0.